The van der Waals surface area contributed by atoms with Crippen molar-refractivity contribution in [1.29, 1.82) is 0 Å². The highest BCUT2D eigenvalue weighted by molar-refractivity contribution is 5.96. The van der Waals surface area contributed by atoms with Crippen molar-refractivity contribution in [3.8, 4) is 11.3 Å². The van der Waals surface area contributed by atoms with Gasteiger partial charge < -0.3 is 14.9 Å². The molecule has 0 amide bonds. The molecule has 1 aromatic carbocycles. The second-order valence-electron chi connectivity index (χ2n) is 4.63. The highest BCUT2D eigenvalue weighted by atomic mass is 15.1. The van der Waals surface area contributed by atoms with E-state index < -0.39 is 0 Å². The molecule has 3 rings (SSSR count). The SMILES string of the molecule is Cc1nc(N)n(C)c1-c1cn(C)c2ccccc12. The Balaban J connectivity index is 2.39. The molecule has 2 aromatic heterocycles. The molecular weight excluding hydrogens is 224 g/mol. The van der Waals surface area contributed by atoms with Crippen molar-refractivity contribution in [3.63, 3.8) is 0 Å². The van der Waals surface area contributed by atoms with Gasteiger partial charge in [0.05, 0.1) is 11.4 Å². The summed E-state index contributed by atoms with van der Waals surface area (Å²) < 4.78 is 4.07. The predicted molar refractivity (Wildman–Crippen MR) is 74.3 cm³/mol. The molecule has 0 aliphatic heterocycles. The van der Waals surface area contributed by atoms with Crippen molar-refractivity contribution in [3.05, 3.63) is 36.2 Å². The van der Waals surface area contributed by atoms with Gasteiger partial charge in [-0.2, -0.15) is 0 Å². The molecule has 0 unspecified atom stereocenters. The lowest BCUT2D eigenvalue weighted by molar-refractivity contribution is 0.932. The Morgan fingerprint density at radius 1 is 1.17 bits per heavy atom. The molecule has 2 heterocycles. The first kappa shape index (κ1) is 10.9. The fraction of sp³-hybridized carbons (Fsp3) is 0.214. The summed E-state index contributed by atoms with van der Waals surface area (Å²) in [5.74, 6) is 0.551. The first-order valence-corrected chi connectivity index (χ1v) is 5.93. The number of hydrogen-bond donors (Lipinski definition) is 1. The zero-order chi connectivity index (χ0) is 12.9. The van der Waals surface area contributed by atoms with Gasteiger partial charge >= 0.3 is 0 Å². The van der Waals surface area contributed by atoms with E-state index in [0.717, 1.165) is 11.4 Å². The van der Waals surface area contributed by atoms with Gasteiger partial charge in [0.15, 0.2) is 0 Å². The minimum absolute atomic E-state index is 0.551. The molecule has 0 bridgehead atoms. The Hall–Kier alpha value is -2.23. The van der Waals surface area contributed by atoms with E-state index in [9.17, 15) is 0 Å². The molecule has 0 aliphatic carbocycles. The lowest BCUT2D eigenvalue weighted by atomic mass is 10.1. The second kappa shape index (κ2) is 3.63. The van der Waals surface area contributed by atoms with Crippen LogP contribution in [-0.2, 0) is 14.1 Å². The Kier molecular flexibility index (Phi) is 2.20. The molecule has 18 heavy (non-hydrogen) atoms. The summed E-state index contributed by atoms with van der Waals surface area (Å²) in [7, 11) is 4.01. The van der Waals surface area contributed by atoms with E-state index in [1.165, 1.54) is 16.5 Å². The van der Waals surface area contributed by atoms with Crippen LogP contribution >= 0.6 is 0 Å². The van der Waals surface area contributed by atoms with Crippen LogP contribution in [0.1, 0.15) is 5.69 Å². The smallest absolute Gasteiger partial charge is 0.200 e. The van der Waals surface area contributed by atoms with Crippen molar-refractivity contribution in [2.45, 2.75) is 6.92 Å². The molecule has 0 aliphatic rings. The van der Waals surface area contributed by atoms with Crippen molar-refractivity contribution < 1.29 is 0 Å². The lowest BCUT2D eigenvalue weighted by Gasteiger charge is -2.03. The monoisotopic (exact) mass is 240 g/mol. The topological polar surface area (TPSA) is 48.8 Å². The number of nitrogen functional groups attached to an aromatic ring is 1. The third kappa shape index (κ3) is 1.35. The molecule has 3 aromatic rings. The number of hydrogen-bond acceptors (Lipinski definition) is 2. The van der Waals surface area contributed by atoms with Gasteiger partial charge in [0.25, 0.3) is 0 Å². The van der Waals surface area contributed by atoms with E-state index in [0.29, 0.717) is 5.95 Å². The first-order chi connectivity index (χ1) is 8.59. The van der Waals surface area contributed by atoms with Crippen molar-refractivity contribution >= 4 is 16.9 Å². The summed E-state index contributed by atoms with van der Waals surface area (Å²) in [6.07, 6.45) is 2.13. The second-order valence-corrected chi connectivity index (χ2v) is 4.63. The molecule has 0 spiro atoms. The highest BCUT2D eigenvalue weighted by Crippen LogP contribution is 2.32. The van der Waals surface area contributed by atoms with Crippen LogP contribution in [0.25, 0.3) is 22.2 Å². The van der Waals surface area contributed by atoms with Gasteiger partial charge in [-0.05, 0) is 13.0 Å². The Labute approximate surface area is 106 Å². The van der Waals surface area contributed by atoms with Crippen LogP contribution in [0.15, 0.2) is 30.5 Å². The number of aryl methyl sites for hydroxylation is 2. The van der Waals surface area contributed by atoms with Crippen LogP contribution in [0.5, 0.6) is 0 Å². The molecular formula is C14H16N4. The van der Waals surface area contributed by atoms with E-state index in [4.69, 9.17) is 5.73 Å². The Morgan fingerprint density at radius 2 is 1.89 bits per heavy atom. The molecule has 0 saturated heterocycles. The molecule has 0 saturated carbocycles. The van der Waals surface area contributed by atoms with Gasteiger partial charge in [0.1, 0.15) is 0 Å². The number of anilines is 1. The van der Waals surface area contributed by atoms with Gasteiger partial charge in [-0.15, -0.1) is 0 Å². The van der Waals surface area contributed by atoms with Crippen molar-refractivity contribution in [2.24, 2.45) is 14.1 Å². The molecule has 92 valence electrons. The standard InChI is InChI=1S/C14H16N4/c1-9-13(18(3)14(15)16-9)11-8-17(2)12-7-5-4-6-10(11)12/h4-8H,1-3H3,(H2,15,16). The number of rotatable bonds is 1. The fourth-order valence-electron chi connectivity index (χ4n) is 2.56. The summed E-state index contributed by atoms with van der Waals surface area (Å²) in [5.41, 5.74) is 10.3. The fourth-order valence-corrected chi connectivity index (χ4v) is 2.56. The number of fused-ring (bicyclic) bond motifs is 1. The van der Waals surface area contributed by atoms with Crippen LogP contribution in [-0.4, -0.2) is 14.1 Å². The summed E-state index contributed by atoms with van der Waals surface area (Å²) in [5, 5.41) is 1.23. The minimum atomic E-state index is 0.551. The summed E-state index contributed by atoms with van der Waals surface area (Å²) in [6.45, 7) is 1.99. The zero-order valence-corrected chi connectivity index (χ0v) is 10.8. The number of imidazole rings is 1. The highest BCUT2D eigenvalue weighted by Gasteiger charge is 2.16. The van der Waals surface area contributed by atoms with Gasteiger partial charge in [0, 0.05) is 36.8 Å². The Morgan fingerprint density at radius 3 is 2.56 bits per heavy atom. The molecule has 4 nitrogen and oxygen atoms in total. The zero-order valence-electron chi connectivity index (χ0n) is 10.8. The Bertz CT molecular complexity index is 734. The number of para-hydroxylation sites is 1. The molecule has 0 atom stereocenters. The van der Waals surface area contributed by atoms with E-state index in [1.54, 1.807) is 0 Å². The maximum atomic E-state index is 5.87. The summed E-state index contributed by atoms with van der Waals surface area (Å²) >= 11 is 0. The van der Waals surface area contributed by atoms with Crippen LogP contribution in [0, 0.1) is 6.92 Å². The number of benzene rings is 1. The average molecular weight is 240 g/mol. The lowest BCUT2D eigenvalue weighted by Crippen LogP contribution is -1.98. The van der Waals surface area contributed by atoms with E-state index in [-0.39, 0.29) is 0 Å². The normalized spacial score (nSPS) is 11.3. The molecule has 2 N–H and O–H groups in total. The van der Waals surface area contributed by atoms with Crippen molar-refractivity contribution in [2.75, 3.05) is 5.73 Å². The third-order valence-corrected chi connectivity index (χ3v) is 3.46. The van der Waals surface area contributed by atoms with E-state index >= 15 is 0 Å². The van der Waals surface area contributed by atoms with Crippen molar-refractivity contribution in [1.82, 2.24) is 14.1 Å². The number of nitrogens with two attached hydrogens (primary N) is 1. The summed E-state index contributed by atoms with van der Waals surface area (Å²) in [4.78, 5) is 4.33. The van der Waals surface area contributed by atoms with Gasteiger partial charge in [0.2, 0.25) is 5.95 Å². The molecule has 0 radical (unpaired) electrons. The molecule has 4 heteroatoms. The van der Waals surface area contributed by atoms with Gasteiger partial charge in [-0.25, -0.2) is 4.98 Å². The van der Waals surface area contributed by atoms with E-state index in [2.05, 4.69) is 47.1 Å². The predicted octanol–water partition coefficient (Wildman–Crippen LogP) is 2.47. The molecule has 0 fully saturated rings. The van der Waals surface area contributed by atoms with Crippen LogP contribution in [0.3, 0.4) is 0 Å². The number of aromatic nitrogens is 3. The van der Waals surface area contributed by atoms with Crippen LogP contribution in [0.2, 0.25) is 0 Å². The van der Waals surface area contributed by atoms with Gasteiger partial charge in [-0.1, -0.05) is 18.2 Å². The summed E-state index contributed by atoms with van der Waals surface area (Å²) in [6, 6.07) is 8.36. The number of nitrogens with zero attached hydrogens (tertiary/aromatic N) is 3. The quantitative estimate of drug-likeness (QED) is 0.710. The minimum Gasteiger partial charge on any atom is -0.369 e. The van der Waals surface area contributed by atoms with Crippen LogP contribution in [0.4, 0.5) is 5.95 Å². The third-order valence-electron chi connectivity index (χ3n) is 3.46. The van der Waals surface area contributed by atoms with Crippen LogP contribution < -0.4 is 5.73 Å². The van der Waals surface area contributed by atoms with E-state index in [1.807, 2.05) is 18.5 Å². The maximum Gasteiger partial charge on any atom is 0.200 e. The maximum absolute atomic E-state index is 5.87. The van der Waals surface area contributed by atoms with Gasteiger partial charge in [-0.3, -0.25) is 0 Å². The first-order valence-electron chi connectivity index (χ1n) is 5.93. The largest absolute Gasteiger partial charge is 0.369 e. The average Bonchev–Trinajstić information content (AvgIpc) is 2.79.